The molecule has 0 bridgehead atoms. The van der Waals surface area contributed by atoms with Crippen LogP contribution < -0.4 is 5.32 Å². The molecule has 3 rings (SSSR count). The number of allylic oxidation sites excluding steroid dienone is 3. The third-order valence-electron chi connectivity index (χ3n) is 3.52. The van der Waals surface area contributed by atoms with Gasteiger partial charge in [0.05, 0.1) is 6.04 Å². The summed E-state index contributed by atoms with van der Waals surface area (Å²) < 4.78 is 0. The zero-order valence-corrected chi connectivity index (χ0v) is 8.02. The predicted octanol–water partition coefficient (Wildman–Crippen LogP) is 1.14. The summed E-state index contributed by atoms with van der Waals surface area (Å²) in [7, 11) is 0. The van der Waals surface area contributed by atoms with Gasteiger partial charge >= 0.3 is 6.03 Å². The topological polar surface area (TPSA) is 32.3 Å². The lowest BCUT2D eigenvalue weighted by atomic mass is 9.80. The molecule has 74 valence electrons. The van der Waals surface area contributed by atoms with E-state index in [1.165, 1.54) is 0 Å². The summed E-state index contributed by atoms with van der Waals surface area (Å²) in [6, 6.07) is 0.552. The number of urea groups is 1. The summed E-state index contributed by atoms with van der Waals surface area (Å²) in [5.41, 5.74) is 0. The van der Waals surface area contributed by atoms with E-state index < -0.39 is 0 Å². The van der Waals surface area contributed by atoms with Crippen molar-refractivity contribution in [2.45, 2.75) is 12.5 Å². The molecule has 3 atom stereocenters. The number of carbonyl (C=O) groups excluding carboxylic acids is 1. The van der Waals surface area contributed by atoms with E-state index >= 15 is 0 Å². The van der Waals surface area contributed by atoms with Gasteiger partial charge in [-0.25, -0.2) is 4.79 Å². The van der Waals surface area contributed by atoms with Crippen LogP contribution in [-0.4, -0.2) is 30.1 Å². The summed E-state index contributed by atoms with van der Waals surface area (Å²) in [4.78, 5) is 13.4. The Hall–Kier alpha value is -1.25. The first-order valence-electron chi connectivity index (χ1n) is 5.24. The molecule has 3 aliphatic rings. The molecule has 0 aromatic heterocycles. The fraction of sp³-hybridized carbons (Fsp3) is 0.545. The van der Waals surface area contributed by atoms with Gasteiger partial charge in [0.15, 0.2) is 0 Å². The van der Waals surface area contributed by atoms with Gasteiger partial charge in [0.1, 0.15) is 0 Å². The summed E-state index contributed by atoms with van der Waals surface area (Å²) in [6.45, 7) is 1.72. The van der Waals surface area contributed by atoms with Crippen LogP contribution in [0.15, 0.2) is 24.3 Å². The molecule has 1 aliphatic carbocycles. The third-order valence-corrected chi connectivity index (χ3v) is 3.52. The largest absolute Gasteiger partial charge is 0.336 e. The quantitative estimate of drug-likeness (QED) is 0.610. The van der Waals surface area contributed by atoms with Crippen molar-refractivity contribution in [3.8, 4) is 0 Å². The molecule has 0 saturated carbocycles. The second kappa shape index (κ2) is 2.87. The van der Waals surface area contributed by atoms with E-state index in [0.717, 1.165) is 19.5 Å². The number of fused-ring (bicyclic) bond motifs is 2. The van der Waals surface area contributed by atoms with Gasteiger partial charge in [0.2, 0.25) is 0 Å². The molecule has 2 aliphatic heterocycles. The number of piperidine rings is 1. The van der Waals surface area contributed by atoms with Gasteiger partial charge in [-0.2, -0.15) is 0 Å². The van der Waals surface area contributed by atoms with Crippen molar-refractivity contribution in [1.82, 2.24) is 10.2 Å². The second-order valence-corrected chi connectivity index (χ2v) is 4.33. The fourth-order valence-electron chi connectivity index (χ4n) is 2.72. The average Bonchev–Trinajstić information content (AvgIpc) is 2.57. The normalized spacial score (nSPS) is 39.3. The average molecular weight is 190 g/mol. The number of nitrogens with zero attached hydrogens (tertiary/aromatic N) is 1. The zero-order valence-electron chi connectivity index (χ0n) is 8.02. The van der Waals surface area contributed by atoms with Crippen molar-refractivity contribution in [3.05, 3.63) is 24.3 Å². The Morgan fingerprint density at radius 2 is 2.07 bits per heavy atom. The number of hydrogen-bond donors (Lipinski definition) is 1. The maximum Gasteiger partial charge on any atom is 0.317 e. The van der Waals surface area contributed by atoms with E-state index in [2.05, 4.69) is 29.6 Å². The summed E-state index contributed by atoms with van der Waals surface area (Å²) in [6.07, 6.45) is 9.85. The van der Waals surface area contributed by atoms with Gasteiger partial charge in [0.25, 0.3) is 0 Å². The highest BCUT2D eigenvalue weighted by Gasteiger charge is 2.39. The molecule has 0 aromatic carbocycles. The monoisotopic (exact) mass is 190 g/mol. The third kappa shape index (κ3) is 1.08. The number of amides is 2. The lowest BCUT2D eigenvalue weighted by Gasteiger charge is -2.38. The highest BCUT2D eigenvalue weighted by molar-refractivity contribution is 5.77. The maximum atomic E-state index is 11.5. The van der Waals surface area contributed by atoms with E-state index in [4.69, 9.17) is 0 Å². The Kier molecular flexibility index (Phi) is 1.66. The van der Waals surface area contributed by atoms with Crippen LogP contribution in [-0.2, 0) is 0 Å². The molecule has 0 spiro atoms. The first kappa shape index (κ1) is 8.09. The summed E-state index contributed by atoms with van der Waals surface area (Å²) in [5.74, 6) is 1.19. The summed E-state index contributed by atoms with van der Waals surface area (Å²) in [5, 5.41) is 2.91. The van der Waals surface area contributed by atoms with E-state index in [-0.39, 0.29) is 6.03 Å². The van der Waals surface area contributed by atoms with Crippen molar-refractivity contribution >= 4 is 6.03 Å². The van der Waals surface area contributed by atoms with Crippen LogP contribution in [0.4, 0.5) is 4.79 Å². The smallest absolute Gasteiger partial charge is 0.317 e. The van der Waals surface area contributed by atoms with Crippen LogP contribution in [0.1, 0.15) is 6.42 Å². The Morgan fingerprint density at radius 3 is 2.93 bits per heavy atom. The van der Waals surface area contributed by atoms with E-state index in [1.807, 2.05) is 4.90 Å². The number of nitrogens with one attached hydrogen (secondary N) is 1. The van der Waals surface area contributed by atoms with Crippen molar-refractivity contribution < 1.29 is 4.79 Å². The van der Waals surface area contributed by atoms with Crippen molar-refractivity contribution in [2.75, 3.05) is 13.1 Å². The number of rotatable bonds is 0. The lowest BCUT2D eigenvalue weighted by molar-refractivity contribution is 0.149. The Morgan fingerprint density at radius 1 is 1.29 bits per heavy atom. The molecule has 0 radical (unpaired) electrons. The van der Waals surface area contributed by atoms with Gasteiger partial charge in [-0.15, -0.1) is 0 Å². The predicted molar refractivity (Wildman–Crippen MR) is 53.8 cm³/mol. The van der Waals surface area contributed by atoms with Gasteiger partial charge in [-0.3, -0.25) is 0 Å². The number of hydrogen-bond acceptors (Lipinski definition) is 1. The molecular weight excluding hydrogens is 176 g/mol. The number of carbonyl (C=O) groups is 1. The first-order valence-corrected chi connectivity index (χ1v) is 5.24. The van der Waals surface area contributed by atoms with Crippen molar-refractivity contribution in [3.63, 3.8) is 0 Å². The molecule has 2 saturated heterocycles. The molecule has 3 heteroatoms. The van der Waals surface area contributed by atoms with Crippen LogP contribution in [0.25, 0.3) is 0 Å². The van der Waals surface area contributed by atoms with Gasteiger partial charge in [-0.05, 0) is 12.3 Å². The zero-order chi connectivity index (χ0) is 9.54. The minimum absolute atomic E-state index is 0.122. The molecule has 3 nitrogen and oxygen atoms in total. The minimum atomic E-state index is 0.122. The molecular formula is C11H14N2O. The highest BCUT2D eigenvalue weighted by Crippen LogP contribution is 2.33. The molecule has 2 amide bonds. The van der Waals surface area contributed by atoms with E-state index in [0.29, 0.717) is 17.9 Å². The molecule has 1 N–H and O–H groups in total. The highest BCUT2D eigenvalue weighted by atomic mass is 16.2. The standard InChI is InChI=1S/C11H14N2O/c14-11-12-6-10-5-8-3-1-2-4-9(8)7-13(10)11/h1-4,8-10H,5-7H2,(H,12,14). The maximum absolute atomic E-state index is 11.5. The Balaban J connectivity index is 1.83. The van der Waals surface area contributed by atoms with Crippen molar-refractivity contribution in [1.29, 1.82) is 0 Å². The van der Waals surface area contributed by atoms with Gasteiger partial charge in [0, 0.05) is 19.0 Å². The summed E-state index contributed by atoms with van der Waals surface area (Å²) >= 11 is 0. The Bertz CT molecular complexity index is 321. The minimum Gasteiger partial charge on any atom is -0.336 e. The van der Waals surface area contributed by atoms with E-state index in [9.17, 15) is 4.79 Å². The van der Waals surface area contributed by atoms with Gasteiger partial charge < -0.3 is 10.2 Å². The molecule has 3 unspecified atom stereocenters. The van der Waals surface area contributed by atoms with Crippen molar-refractivity contribution in [2.24, 2.45) is 11.8 Å². The lowest BCUT2D eigenvalue weighted by Crippen LogP contribution is -2.45. The van der Waals surface area contributed by atoms with E-state index in [1.54, 1.807) is 0 Å². The first-order chi connectivity index (χ1) is 6.84. The van der Waals surface area contributed by atoms with Crippen LogP contribution in [0.2, 0.25) is 0 Å². The van der Waals surface area contributed by atoms with Crippen LogP contribution in [0.3, 0.4) is 0 Å². The molecule has 14 heavy (non-hydrogen) atoms. The molecule has 2 heterocycles. The molecule has 0 aromatic rings. The fourth-order valence-corrected chi connectivity index (χ4v) is 2.72. The second-order valence-electron chi connectivity index (χ2n) is 4.33. The van der Waals surface area contributed by atoms with Gasteiger partial charge in [-0.1, -0.05) is 24.3 Å². The SMILES string of the molecule is O=C1NCC2CC3C=CC=CC3CN12. The molecule has 2 fully saturated rings. The Labute approximate surface area is 83.5 Å². The van der Waals surface area contributed by atoms with Crippen LogP contribution >= 0.6 is 0 Å². The van der Waals surface area contributed by atoms with Crippen LogP contribution in [0.5, 0.6) is 0 Å². The van der Waals surface area contributed by atoms with Crippen LogP contribution in [0, 0.1) is 11.8 Å².